The summed E-state index contributed by atoms with van der Waals surface area (Å²) in [7, 11) is 0. The molecule has 1 aromatic heterocycles. The number of nitrogens with two attached hydrogens (primary N) is 1. The van der Waals surface area contributed by atoms with Gasteiger partial charge >= 0.3 is 6.18 Å². The van der Waals surface area contributed by atoms with Crippen molar-refractivity contribution < 1.29 is 13.2 Å². The Hall–Kier alpha value is -1.44. The van der Waals surface area contributed by atoms with Gasteiger partial charge in [-0.25, -0.2) is 4.98 Å². The summed E-state index contributed by atoms with van der Waals surface area (Å²) in [5.41, 5.74) is 3.46. The number of hydrogen-bond acceptors (Lipinski definition) is 4. The second-order valence-electron chi connectivity index (χ2n) is 4.80. The van der Waals surface area contributed by atoms with E-state index in [1.54, 1.807) is 6.07 Å². The summed E-state index contributed by atoms with van der Waals surface area (Å²) in [4.78, 5) is 5.27. The van der Waals surface area contributed by atoms with Gasteiger partial charge in [0.05, 0.1) is 22.3 Å². The third-order valence-corrected chi connectivity index (χ3v) is 4.34. The van der Waals surface area contributed by atoms with E-state index in [0.29, 0.717) is 12.0 Å². The highest BCUT2D eigenvalue weighted by Crippen LogP contribution is 2.31. The third-order valence-electron chi connectivity index (χ3n) is 3.15. The van der Waals surface area contributed by atoms with Crippen molar-refractivity contribution >= 4 is 11.3 Å². The largest absolute Gasteiger partial charge is 0.416 e. The Kier molecular flexibility index (Phi) is 4.65. The highest BCUT2D eigenvalue weighted by Gasteiger charge is 2.30. The molecule has 2 rings (SSSR count). The van der Waals surface area contributed by atoms with Crippen molar-refractivity contribution in [3.05, 3.63) is 51.0 Å². The van der Waals surface area contributed by atoms with E-state index in [1.165, 1.54) is 17.4 Å². The Bertz CT molecular complexity index is 622. The number of nitrogens with one attached hydrogen (secondary N) is 1. The molecule has 7 heteroatoms. The first-order valence-corrected chi connectivity index (χ1v) is 7.19. The normalized spacial score (nSPS) is 13.4. The lowest BCUT2D eigenvalue weighted by Gasteiger charge is -2.16. The zero-order chi connectivity index (χ0) is 15.6. The Balaban J connectivity index is 2.25. The molecule has 0 amide bonds. The average molecular weight is 315 g/mol. The zero-order valence-corrected chi connectivity index (χ0v) is 12.5. The fraction of sp³-hybridized carbons (Fsp3) is 0.357. The molecule has 114 valence electrons. The first-order chi connectivity index (χ1) is 9.81. The minimum absolute atomic E-state index is 0.250. The van der Waals surface area contributed by atoms with Crippen molar-refractivity contribution in [2.24, 2.45) is 5.84 Å². The maximum atomic E-state index is 12.7. The van der Waals surface area contributed by atoms with E-state index in [1.807, 2.05) is 13.8 Å². The van der Waals surface area contributed by atoms with Gasteiger partial charge in [0.2, 0.25) is 0 Å². The molecule has 0 aliphatic heterocycles. The fourth-order valence-electron chi connectivity index (χ4n) is 2.21. The SMILES string of the molecule is Cc1nc(C)c(C(Cc2cccc(C(F)(F)F)c2)NN)s1. The van der Waals surface area contributed by atoms with Gasteiger partial charge in [0.1, 0.15) is 0 Å². The minimum atomic E-state index is -4.33. The Morgan fingerprint density at radius 1 is 1.33 bits per heavy atom. The molecular weight excluding hydrogens is 299 g/mol. The second kappa shape index (κ2) is 6.13. The number of aryl methyl sites for hydroxylation is 2. The predicted octanol–water partition coefficient (Wildman–Crippen LogP) is 3.53. The van der Waals surface area contributed by atoms with Crippen LogP contribution in [0.2, 0.25) is 0 Å². The van der Waals surface area contributed by atoms with E-state index < -0.39 is 11.7 Å². The van der Waals surface area contributed by atoms with Crippen LogP contribution in [0.1, 0.15) is 32.7 Å². The first kappa shape index (κ1) is 15.9. The summed E-state index contributed by atoms with van der Waals surface area (Å²) in [6.07, 6.45) is -3.96. The fourth-order valence-corrected chi connectivity index (χ4v) is 3.20. The molecule has 0 bridgehead atoms. The topological polar surface area (TPSA) is 50.9 Å². The molecule has 3 nitrogen and oxygen atoms in total. The Morgan fingerprint density at radius 3 is 2.57 bits per heavy atom. The number of aromatic nitrogens is 1. The van der Waals surface area contributed by atoms with Crippen LogP contribution >= 0.6 is 11.3 Å². The summed E-state index contributed by atoms with van der Waals surface area (Å²) >= 11 is 1.50. The van der Waals surface area contributed by atoms with Crippen LogP contribution in [0.4, 0.5) is 13.2 Å². The van der Waals surface area contributed by atoms with Gasteiger partial charge in [-0.05, 0) is 31.9 Å². The third kappa shape index (κ3) is 3.81. The summed E-state index contributed by atoms with van der Waals surface area (Å²) in [5, 5.41) is 0.909. The quantitative estimate of drug-likeness (QED) is 0.670. The second-order valence-corrected chi connectivity index (χ2v) is 6.04. The molecule has 0 spiro atoms. The average Bonchev–Trinajstić information content (AvgIpc) is 2.74. The molecule has 2 aromatic rings. The van der Waals surface area contributed by atoms with E-state index in [2.05, 4.69) is 10.4 Å². The van der Waals surface area contributed by atoms with E-state index in [0.717, 1.165) is 27.7 Å². The predicted molar refractivity (Wildman–Crippen MR) is 76.8 cm³/mol. The summed E-state index contributed by atoms with van der Waals surface area (Å²) < 4.78 is 38.2. The molecule has 1 heterocycles. The van der Waals surface area contributed by atoms with Crippen LogP contribution in [-0.2, 0) is 12.6 Å². The van der Waals surface area contributed by atoms with E-state index in [9.17, 15) is 13.2 Å². The van der Waals surface area contributed by atoms with Crippen molar-refractivity contribution in [1.29, 1.82) is 0 Å². The number of hydrazine groups is 1. The van der Waals surface area contributed by atoms with Crippen molar-refractivity contribution in [2.45, 2.75) is 32.5 Å². The van der Waals surface area contributed by atoms with Crippen LogP contribution in [0, 0.1) is 13.8 Å². The maximum Gasteiger partial charge on any atom is 0.416 e. The van der Waals surface area contributed by atoms with E-state index >= 15 is 0 Å². The molecule has 1 atom stereocenters. The van der Waals surface area contributed by atoms with Crippen LogP contribution in [0.25, 0.3) is 0 Å². The van der Waals surface area contributed by atoms with Crippen LogP contribution in [0.5, 0.6) is 0 Å². The molecule has 3 N–H and O–H groups in total. The van der Waals surface area contributed by atoms with Gasteiger partial charge < -0.3 is 0 Å². The van der Waals surface area contributed by atoms with Crippen molar-refractivity contribution in [2.75, 3.05) is 0 Å². The Morgan fingerprint density at radius 2 is 2.05 bits per heavy atom. The summed E-state index contributed by atoms with van der Waals surface area (Å²) in [6, 6.07) is 5.06. The Labute approximate surface area is 125 Å². The number of nitrogens with zero attached hydrogens (tertiary/aromatic N) is 1. The molecule has 0 saturated carbocycles. The molecular formula is C14H16F3N3S. The molecule has 1 aromatic carbocycles. The number of benzene rings is 1. The van der Waals surface area contributed by atoms with Crippen molar-refractivity contribution in [3.8, 4) is 0 Å². The van der Waals surface area contributed by atoms with Crippen LogP contribution in [0.3, 0.4) is 0 Å². The van der Waals surface area contributed by atoms with Crippen molar-refractivity contribution in [1.82, 2.24) is 10.4 Å². The minimum Gasteiger partial charge on any atom is -0.271 e. The van der Waals surface area contributed by atoms with Gasteiger partial charge in [0, 0.05) is 4.88 Å². The lowest BCUT2D eigenvalue weighted by molar-refractivity contribution is -0.137. The van der Waals surface area contributed by atoms with Crippen LogP contribution in [0.15, 0.2) is 24.3 Å². The van der Waals surface area contributed by atoms with Crippen LogP contribution in [-0.4, -0.2) is 4.98 Å². The van der Waals surface area contributed by atoms with Crippen LogP contribution < -0.4 is 11.3 Å². The van der Waals surface area contributed by atoms with Gasteiger partial charge in [0.25, 0.3) is 0 Å². The standard InChI is InChI=1S/C14H16F3N3S/c1-8-13(21-9(2)19-8)12(20-18)7-10-4-3-5-11(6-10)14(15,16)17/h3-6,12,20H,7,18H2,1-2H3. The highest BCUT2D eigenvalue weighted by molar-refractivity contribution is 7.11. The molecule has 1 unspecified atom stereocenters. The molecule has 0 aliphatic carbocycles. The van der Waals surface area contributed by atoms with Gasteiger partial charge in [-0.3, -0.25) is 11.3 Å². The highest BCUT2D eigenvalue weighted by atomic mass is 32.1. The smallest absolute Gasteiger partial charge is 0.271 e. The number of alkyl halides is 3. The molecule has 21 heavy (non-hydrogen) atoms. The number of thiazole rings is 1. The van der Waals surface area contributed by atoms with E-state index in [4.69, 9.17) is 5.84 Å². The monoisotopic (exact) mass is 315 g/mol. The lowest BCUT2D eigenvalue weighted by atomic mass is 10.0. The number of rotatable bonds is 4. The number of hydrogen-bond donors (Lipinski definition) is 2. The molecule has 0 saturated heterocycles. The molecule has 0 radical (unpaired) electrons. The first-order valence-electron chi connectivity index (χ1n) is 6.37. The van der Waals surface area contributed by atoms with Gasteiger partial charge in [0.15, 0.2) is 0 Å². The molecule has 0 fully saturated rings. The lowest BCUT2D eigenvalue weighted by Crippen LogP contribution is -2.29. The summed E-state index contributed by atoms with van der Waals surface area (Å²) in [5.74, 6) is 5.56. The number of halogens is 3. The van der Waals surface area contributed by atoms with Crippen molar-refractivity contribution in [3.63, 3.8) is 0 Å². The summed E-state index contributed by atoms with van der Waals surface area (Å²) in [6.45, 7) is 3.76. The zero-order valence-electron chi connectivity index (χ0n) is 11.7. The van der Waals surface area contributed by atoms with Gasteiger partial charge in [-0.2, -0.15) is 13.2 Å². The van der Waals surface area contributed by atoms with Gasteiger partial charge in [-0.1, -0.05) is 18.2 Å². The van der Waals surface area contributed by atoms with E-state index in [-0.39, 0.29) is 6.04 Å². The van der Waals surface area contributed by atoms with Gasteiger partial charge in [-0.15, -0.1) is 11.3 Å². The maximum absolute atomic E-state index is 12.7. The molecule has 0 aliphatic rings.